The van der Waals surface area contributed by atoms with Gasteiger partial charge in [0.15, 0.2) is 0 Å². The Hall–Kier alpha value is -2.63. The lowest BCUT2D eigenvalue weighted by atomic mass is 10.1. The summed E-state index contributed by atoms with van der Waals surface area (Å²) in [5.41, 5.74) is 4.21. The highest BCUT2D eigenvalue weighted by Gasteiger charge is 2.24. The zero-order chi connectivity index (χ0) is 23.1. The van der Waals surface area contributed by atoms with Gasteiger partial charge in [-0.15, -0.1) is 0 Å². The van der Waals surface area contributed by atoms with Crippen molar-refractivity contribution in [3.05, 3.63) is 65.7 Å². The smallest absolute Gasteiger partial charge is 0.222 e. The predicted octanol–water partition coefficient (Wildman–Crippen LogP) is 5.95. The minimum Gasteiger partial charge on any atom is -0.439 e. The van der Waals surface area contributed by atoms with Gasteiger partial charge in [-0.05, 0) is 39.3 Å². The molecule has 3 rings (SSSR count). The lowest BCUT2D eigenvalue weighted by molar-refractivity contribution is 0.0829. The molecule has 2 aromatic carbocycles. The van der Waals surface area contributed by atoms with Crippen LogP contribution in [-0.4, -0.2) is 38.5 Å². The average molecular weight is 436 g/mol. The summed E-state index contributed by atoms with van der Waals surface area (Å²) in [4.78, 5) is 2.31. The third-order valence-corrected chi connectivity index (χ3v) is 5.80. The zero-order valence-electron chi connectivity index (χ0n) is 20.1. The number of ether oxygens (including phenoxy) is 1. The first-order valence-corrected chi connectivity index (χ1v) is 11.7. The molecule has 5 heteroatoms. The maximum Gasteiger partial charge on any atom is 0.222 e. The molecular weight excluding hydrogens is 398 g/mol. The number of aliphatic hydroxyl groups is 1. The Bertz CT molecular complexity index is 965. The van der Waals surface area contributed by atoms with Crippen LogP contribution in [0.4, 0.5) is 0 Å². The van der Waals surface area contributed by atoms with Crippen LogP contribution >= 0.6 is 0 Å². The maximum atomic E-state index is 10.6. The fraction of sp³-hybridized carbons (Fsp3) is 0.444. The summed E-state index contributed by atoms with van der Waals surface area (Å²) >= 11 is 0. The molecule has 1 N–H and O–H groups in total. The van der Waals surface area contributed by atoms with Crippen LogP contribution in [0.3, 0.4) is 0 Å². The largest absolute Gasteiger partial charge is 0.439 e. The Labute approximate surface area is 192 Å². The number of aromatic nitrogens is 2. The van der Waals surface area contributed by atoms with Gasteiger partial charge in [0.2, 0.25) is 5.88 Å². The fourth-order valence-corrected chi connectivity index (χ4v) is 3.83. The topological polar surface area (TPSA) is 50.5 Å². The summed E-state index contributed by atoms with van der Waals surface area (Å²) in [7, 11) is 1.93. The first-order valence-electron chi connectivity index (χ1n) is 11.7. The molecule has 1 aromatic heterocycles. The highest BCUT2D eigenvalue weighted by Crippen LogP contribution is 2.34. The van der Waals surface area contributed by atoms with Gasteiger partial charge in [0.1, 0.15) is 11.4 Å². The van der Waals surface area contributed by atoms with Crippen molar-refractivity contribution in [1.82, 2.24) is 14.7 Å². The van der Waals surface area contributed by atoms with E-state index in [0.29, 0.717) is 13.1 Å². The van der Waals surface area contributed by atoms with Gasteiger partial charge < -0.3 is 9.84 Å². The van der Waals surface area contributed by atoms with E-state index in [-0.39, 0.29) is 12.1 Å². The SMILES string of the molecule is CCCC[C@H](O)CN(Cc1c(-c2ccccc2)nn(C)c1Oc1ccc(C)cc1)C(C)C. The lowest BCUT2D eigenvalue weighted by Crippen LogP contribution is -2.37. The van der Waals surface area contributed by atoms with E-state index in [1.807, 2.05) is 54.2 Å². The highest BCUT2D eigenvalue weighted by molar-refractivity contribution is 5.65. The third kappa shape index (κ3) is 6.21. The molecule has 3 aromatic rings. The van der Waals surface area contributed by atoms with Gasteiger partial charge >= 0.3 is 0 Å². The third-order valence-electron chi connectivity index (χ3n) is 5.80. The molecule has 0 fully saturated rings. The molecule has 0 aliphatic heterocycles. The van der Waals surface area contributed by atoms with Crippen molar-refractivity contribution in [3.63, 3.8) is 0 Å². The van der Waals surface area contributed by atoms with Crippen molar-refractivity contribution in [3.8, 4) is 22.9 Å². The van der Waals surface area contributed by atoms with Crippen molar-refractivity contribution in [1.29, 1.82) is 0 Å². The number of aliphatic hydroxyl groups excluding tert-OH is 1. The van der Waals surface area contributed by atoms with Crippen LogP contribution in [0.5, 0.6) is 11.6 Å². The van der Waals surface area contributed by atoms with Gasteiger partial charge in [-0.25, -0.2) is 4.68 Å². The van der Waals surface area contributed by atoms with Crippen molar-refractivity contribution >= 4 is 0 Å². The standard InChI is InChI=1S/C27H37N3O2/c1-6-7-13-23(31)18-30(20(2)3)19-25-26(22-11-9-8-10-12-22)28-29(5)27(25)32-24-16-14-21(4)15-17-24/h8-12,14-17,20,23,31H,6-7,13,18-19H2,1-5H3/t23-/m0/s1. The molecule has 172 valence electrons. The van der Waals surface area contributed by atoms with Crippen molar-refractivity contribution in [2.24, 2.45) is 7.05 Å². The van der Waals surface area contributed by atoms with E-state index in [4.69, 9.17) is 9.84 Å². The van der Waals surface area contributed by atoms with E-state index in [9.17, 15) is 5.11 Å². The second-order valence-corrected chi connectivity index (χ2v) is 8.86. The summed E-state index contributed by atoms with van der Waals surface area (Å²) in [6, 6.07) is 18.6. The van der Waals surface area contributed by atoms with E-state index >= 15 is 0 Å². The van der Waals surface area contributed by atoms with E-state index in [1.165, 1.54) is 5.56 Å². The van der Waals surface area contributed by atoms with E-state index in [2.05, 4.69) is 44.7 Å². The molecule has 0 aliphatic carbocycles. The summed E-state index contributed by atoms with van der Waals surface area (Å²) < 4.78 is 8.18. The Morgan fingerprint density at radius 3 is 2.38 bits per heavy atom. The Kier molecular flexibility index (Phi) is 8.48. The number of hydrogen-bond donors (Lipinski definition) is 1. The molecule has 0 saturated carbocycles. The predicted molar refractivity (Wildman–Crippen MR) is 131 cm³/mol. The molecule has 0 aliphatic rings. The molecule has 0 bridgehead atoms. The van der Waals surface area contributed by atoms with Gasteiger partial charge in [-0.3, -0.25) is 4.90 Å². The Morgan fingerprint density at radius 2 is 1.75 bits per heavy atom. The number of benzene rings is 2. The lowest BCUT2D eigenvalue weighted by Gasteiger charge is -2.29. The molecule has 0 amide bonds. The van der Waals surface area contributed by atoms with Crippen molar-refractivity contribution in [2.75, 3.05) is 6.54 Å². The van der Waals surface area contributed by atoms with E-state index in [0.717, 1.165) is 47.7 Å². The van der Waals surface area contributed by atoms with Crippen molar-refractivity contribution < 1.29 is 9.84 Å². The van der Waals surface area contributed by atoms with Crippen LogP contribution in [0, 0.1) is 6.92 Å². The number of rotatable bonds is 11. The monoisotopic (exact) mass is 435 g/mol. The van der Waals surface area contributed by atoms with E-state index < -0.39 is 0 Å². The summed E-state index contributed by atoms with van der Waals surface area (Å²) in [5, 5.41) is 15.4. The maximum absolute atomic E-state index is 10.6. The Morgan fingerprint density at radius 1 is 1.06 bits per heavy atom. The Balaban J connectivity index is 1.97. The molecule has 5 nitrogen and oxygen atoms in total. The van der Waals surface area contributed by atoms with Gasteiger partial charge in [0, 0.05) is 31.7 Å². The summed E-state index contributed by atoms with van der Waals surface area (Å²) in [6.45, 7) is 9.85. The van der Waals surface area contributed by atoms with Crippen LogP contribution < -0.4 is 4.74 Å². The van der Waals surface area contributed by atoms with Gasteiger partial charge in [-0.2, -0.15) is 5.10 Å². The number of unbranched alkanes of at least 4 members (excludes halogenated alkanes) is 1. The normalized spacial score (nSPS) is 12.5. The van der Waals surface area contributed by atoms with Crippen molar-refractivity contribution in [2.45, 2.75) is 65.6 Å². The molecule has 1 heterocycles. The zero-order valence-corrected chi connectivity index (χ0v) is 20.1. The molecular formula is C27H37N3O2. The van der Waals surface area contributed by atoms with Crippen LogP contribution in [0.25, 0.3) is 11.3 Å². The quantitative estimate of drug-likeness (QED) is 0.404. The van der Waals surface area contributed by atoms with Gasteiger partial charge in [-0.1, -0.05) is 67.8 Å². The van der Waals surface area contributed by atoms with E-state index in [1.54, 1.807) is 0 Å². The van der Waals surface area contributed by atoms with Crippen LogP contribution in [0.1, 0.15) is 51.2 Å². The number of aryl methyl sites for hydroxylation is 2. The number of nitrogens with zero attached hydrogens (tertiary/aromatic N) is 3. The summed E-state index contributed by atoms with van der Waals surface area (Å²) in [6.07, 6.45) is 2.62. The minimum absolute atomic E-state index is 0.280. The summed E-state index contributed by atoms with van der Waals surface area (Å²) in [5.74, 6) is 1.53. The molecule has 0 unspecified atom stereocenters. The van der Waals surface area contributed by atoms with Crippen LogP contribution in [-0.2, 0) is 13.6 Å². The first kappa shape index (κ1) is 24.0. The average Bonchev–Trinajstić information content (AvgIpc) is 3.09. The fourth-order valence-electron chi connectivity index (χ4n) is 3.83. The van der Waals surface area contributed by atoms with Gasteiger partial charge in [0.05, 0.1) is 11.7 Å². The van der Waals surface area contributed by atoms with Crippen LogP contribution in [0.2, 0.25) is 0 Å². The second kappa shape index (κ2) is 11.3. The molecule has 0 saturated heterocycles. The first-order chi connectivity index (χ1) is 15.4. The molecule has 0 radical (unpaired) electrons. The highest BCUT2D eigenvalue weighted by atomic mass is 16.5. The van der Waals surface area contributed by atoms with Gasteiger partial charge in [0.25, 0.3) is 0 Å². The molecule has 32 heavy (non-hydrogen) atoms. The number of hydrogen-bond acceptors (Lipinski definition) is 4. The second-order valence-electron chi connectivity index (χ2n) is 8.86. The molecule has 1 atom stereocenters. The molecule has 0 spiro atoms. The van der Waals surface area contributed by atoms with Crippen LogP contribution in [0.15, 0.2) is 54.6 Å². The minimum atomic E-state index is -0.337.